The second kappa shape index (κ2) is 5.36. The Morgan fingerprint density at radius 1 is 1.45 bits per heavy atom. The predicted molar refractivity (Wildman–Crippen MR) is 79.0 cm³/mol. The number of nitrogens with one attached hydrogen (secondary N) is 1. The standard InChI is InChI=1S/C14H22N6/c1-10(2)15-8-12-5-4-6-19(12)13-7-11(3)18-14-16-9-17-20(13)14/h7,9-10,12,15H,4-6,8H2,1-3H3. The maximum atomic E-state index is 4.41. The molecule has 1 N–H and O–H groups in total. The van der Waals surface area contributed by atoms with E-state index in [-0.39, 0.29) is 0 Å². The first-order valence-electron chi connectivity index (χ1n) is 7.32. The van der Waals surface area contributed by atoms with Gasteiger partial charge >= 0.3 is 0 Å². The van der Waals surface area contributed by atoms with E-state index in [9.17, 15) is 0 Å². The van der Waals surface area contributed by atoms with Crippen LogP contribution in [-0.2, 0) is 0 Å². The molecule has 1 atom stereocenters. The number of rotatable bonds is 4. The van der Waals surface area contributed by atoms with Gasteiger partial charge in [-0.05, 0) is 19.8 Å². The van der Waals surface area contributed by atoms with Crippen molar-refractivity contribution in [1.29, 1.82) is 0 Å². The van der Waals surface area contributed by atoms with Crippen molar-refractivity contribution in [3.63, 3.8) is 0 Å². The number of fused-ring (bicyclic) bond motifs is 1. The summed E-state index contributed by atoms with van der Waals surface area (Å²) in [5.41, 5.74) is 0.989. The topological polar surface area (TPSA) is 58.4 Å². The Balaban J connectivity index is 1.91. The Bertz CT molecular complexity index is 590. The van der Waals surface area contributed by atoms with Gasteiger partial charge in [0.2, 0.25) is 0 Å². The van der Waals surface area contributed by atoms with E-state index in [0.717, 1.165) is 24.6 Å². The van der Waals surface area contributed by atoms with Gasteiger partial charge < -0.3 is 10.2 Å². The molecule has 2 aromatic heterocycles. The van der Waals surface area contributed by atoms with Crippen molar-refractivity contribution in [3.05, 3.63) is 18.1 Å². The van der Waals surface area contributed by atoms with E-state index in [0.29, 0.717) is 17.9 Å². The highest BCUT2D eigenvalue weighted by atomic mass is 15.4. The maximum Gasteiger partial charge on any atom is 0.254 e. The summed E-state index contributed by atoms with van der Waals surface area (Å²) in [6.07, 6.45) is 4.02. The second-order valence-corrected chi connectivity index (χ2v) is 5.78. The summed E-state index contributed by atoms with van der Waals surface area (Å²) in [6.45, 7) is 8.46. The van der Waals surface area contributed by atoms with Crippen LogP contribution < -0.4 is 10.2 Å². The van der Waals surface area contributed by atoms with Crippen LogP contribution in [0.1, 0.15) is 32.4 Å². The second-order valence-electron chi connectivity index (χ2n) is 5.78. The lowest BCUT2D eigenvalue weighted by Gasteiger charge is -2.28. The molecule has 1 aliphatic heterocycles. The third kappa shape index (κ3) is 2.47. The van der Waals surface area contributed by atoms with Crippen molar-refractivity contribution in [2.45, 2.75) is 45.7 Å². The fourth-order valence-electron chi connectivity index (χ4n) is 2.84. The summed E-state index contributed by atoms with van der Waals surface area (Å²) >= 11 is 0. The van der Waals surface area contributed by atoms with Crippen LogP contribution in [0.5, 0.6) is 0 Å². The summed E-state index contributed by atoms with van der Waals surface area (Å²) in [4.78, 5) is 11.1. The zero-order valence-electron chi connectivity index (χ0n) is 12.4. The molecule has 0 saturated carbocycles. The predicted octanol–water partition coefficient (Wildman–Crippen LogP) is 1.40. The van der Waals surface area contributed by atoms with Crippen LogP contribution in [0.25, 0.3) is 5.78 Å². The zero-order chi connectivity index (χ0) is 14.1. The van der Waals surface area contributed by atoms with Gasteiger partial charge in [-0.3, -0.25) is 0 Å². The van der Waals surface area contributed by atoms with Gasteiger partial charge in [0.05, 0.1) is 0 Å². The molecular weight excluding hydrogens is 252 g/mol. The molecule has 1 fully saturated rings. The van der Waals surface area contributed by atoms with Crippen LogP contribution in [0.2, 0.25) is 0 Å². The summed E-state index contributed by atoms with van der Waals surface area (Å²) in [7, 11) is 0. The first-order valence-corrected chi connectivity index (χ1v) is 7.32. The Kier molecular flexibility index (Phi) is 3.56. The van der Waals surface area contributed by atoms with Crippen LogP contribution in [0.4, 0.5) is 5.82 Å². The van der Waals surface area contributed by atoms with Crippen LogP contribution in [-0.4, -0.2) is 44.8 Å². The highest BCUT2D eigenvalue weighted by Crippen LogP contribution is 2.25. The molecule has 6 heteroatoms. The number of aryl methyl sites for hydroxylation is 1. The van der Waals surface area contributed by atoms with E-state index in [1.807, 2.05) is 11.4 Å². The minimum absolute atomic E-state index is 0.517. The minimum atomic E-state index is 0.517. The fraction of sp³-hybridized carbons (Fsp3) is 0.643. The number of hydrogen-bond donors (Lipinski definition) is 1. The average Bonchev–Trinajstić information content (AvgIpc) is 3.03. The highest BCUT2D eigenvalue weighted by molar-refractivity contribution is 5.48. The molecule has 20 heavy (non-hydrogen) atoms. The number of anilines is 1. The van der Waals surface area contributed by atoms with Gasteiger partial charge in [0.15, 0.2) is 0 Å². The van der Waals surface area contributed by atoms with Gasteiger partial charge in [0, 0.05) is 36.9 Å². The molecule has 3 rings (SSSR count). The molecule has 0 spiro atoms. The van der Waals surface area contributed by atoms with E-state index in [1.165, 1.54) is 12.8 Å². The third-order valence-corrected chi connectivity index (χ3v) is 3.79. The molecule has 0 amide bonds. The van der Waals surface area contributed by atoms with Crippen LogP contribution in [0.3, 0.4) is 0 Å². The van der Waals surface area contributed by atoms with Crippen molar-refractivity contribution >= 4 is 11.6 Å². The molecule has 1 aliphatic rings. The van der Waals surface area contributed by atoms with Gasteiger partial charge in [-0.2, -0.15) is 14.6 Å². The van der Waals surface area contributed by atoms with Crippen LogP contribution in [0.15, 0.2) is 12.4 Å². The number of hydrogen-bond acceptors (Lipinski definition) is 5. The summed E-state index contributed by atoms with van der Waals surface area (Å²) in [6, 6.07) is 3.14. The van der Waals surface area contributed by atoms with Crippen molar-refractivity contribution in [3.8, 4) is 0 Å². The summed E-state index contributed by atoms with van der Waals surface area (Å²) < 4.78 is 1.85. The molecule has 1 saturated heterocycles. The Morgan fingerprint density at radius 3 is 3.10 bits per heavy atom. The van der Waals surface area contributed by atoms with Crippen molar-refractivity contribution in [2.75, 3.05) is 18.0 Å². The van der Waals surface area contributed by atoms with Crippen molar-refractivity contribution in [1.82, 2.24) is 24.9 Å². The van der Waals surface area contributed by atoms with Gasteiger partial charge in [-0.15, -0.1) is 0 Å². The van der Waals surface area contributed by atoms with Gasteiger partial charge in [0.1, 0.15) is 12.1 Å². The summed E-state index contributed by atoms with van der Waals surface area (Å²) in [5, 5.41) is 7.86. The first-order chi connectivity index (χ1) is 9.65. The molecule has 3 heterocycles. The van der Waals surface area contributed by atoms with E-state index < -0.39 is 0 Å². The molecule has 0 aromatic carbocycles. The Hall–Kier alpha value is -1.69. The Labute approximate surface area is 119 Å². The average molecular weight is 274 g/mol. The molecular formula is C14H22N6. The summed E-state index contributed by atoms with van der Waals surface area (Å²) in [5.74, 6) is 1.79. The number of nitrogens with zero attached hydrogens (tertiary/aromatic N) is 5. The van der Waals surface area contributed by atoms with E-state index in [2.05, 4.69) is 45.2 Å². The van der Waals surface area contributed by atoms with Crippen molar-refractivity contribution in [2.24, 2.45) is 0 Å². The Morgan fingerprint density at radius 2 is 2.30 bits per heavy atom. The quantitative estimate of drug-likeness (QED) is 0.913. The first kappa shape index (κ1) is 13.3. The smallest absolute Gasteiger partial charge is 0.254 e. The zero-order valence-corrected chi connectivity index (χ0v) is 12.4. The van der Waals surface area contributed by atoms with E-state index in [1.54, 1.807) is 6.33 Å². The lowest BCUT2D eigenvalue weighted by Crippen LogP contribution is -2.41. The maximum absolute atomic E-state index is 4.41. The SMILES string of the molecule is Cc1cc(N2CCCC2CNC(C)C)n2ncnc2n1. The monoisotopic (exact) mass is 274 g/mol. The third-order valence-electron chi connectivity index (χ3n) is 3.79. The number of aromatic nitrogens is 4. The molecule has 6 nitrogen and oxygen atoms in total. The molecule has 1 unspecified atom stereocenters. The molecule has 108 valence electrons. The lowest BCUT2D eigenvalue weighted by molar-refractivity contribution is 0.520. The van der Waals surface area contributed by atoms with E-state index >= 15 is 0 Å². The van der Waals surface area contributed by atoms with E-state index in [4.69, 9.17) is 0 Å². The normalized spacial score (nSPS) is 19.4. The van der Waals surface area contributed by atoms with Crippen LogP contribution >= 0.6 is 0 Å². The van der Waals surface area contributed by atoms with Gasteiger partial charge in [-0.25, -0.2) is 4.98 Å². The molecule has 0 radical (unpaired) electrons. The fourth-order valence-corrected chi connectivity index (χ4v) is 2.84. The van der Waals surface area contributed by atoms with Crippen molar-refractivity contribution < 1.29 is 0 Å². The minimum Gasteiger partial charge on any atom is -0.352 e. The molecule has 0 bridgehead atoms. The molecule has 0 aliphatic carbocycles. The van der Waals surface area contributed by atoms with Gasteiger partial charge in [-0.1, -0.05) is 13.8 Å². The van der Waals surface area contributed by atoms with Gasteiger partial charge in [0.25, 0.3) is 5.78 Å². The molecule has 2 aromatic rings. The highest BCUT2D eigenvalue weighted by Gasteiger charge is 2.27. The largest absolute Gasteiger partial charge is 0.352 e. The van der Waals surface area contributed by atoms with Crippen LogP contribution in [0, 0.1) is 6.92 Å². The lowest BCUT2D eigenvalue weighted by atomic mass is 10.2.